The summed E-state index contributed by atoms with van der Waals surface area (Å²) in [7, 11) is 0. The monoisotopic (exact) mass is 417 g/mol. The predicted octanol–water partition coefficient (Wildman–Crippen LogP) is 4.95. The largest absolute Gasteiger partial charge is 0.418 e. The number of carbonyl (C=O) groups is 2. The Bertz CT molecular complexity index is 968. The second kappa shape index (κ2) is 8.22. The third-order valence-electron chi connectivity index (χ3n) is 5.00. The summed E-state index contributed by atoms with van der Waals surface area (Å²) in [4.78, 5) is 25.0. The Kier molecular flexibility index (Phi) is 5.87. The molecule has 8 heteroatoms. The van der Waals surface area contributed by atoms with Crippen LogP contribution in [0.5, 0.6) is 0 Å². The van der Waals surface area contributed by atoms with Gasteiger partial charge in [-0.2, -0.15) is 13.2 Å². The number of para-hydroxylation sites is 1. The van der Waals surface area contributed by atoms with Gasteiger partial charge in [0.2, 0.25) is 5.91 Å². The maximum Gasteiger partial charge on any atom is 0.418 e. The van der Waals surface area contributed by atoms with Crippen molar-refractivity contribution < 1.29 is 22.8 Å². The minimum Gasteiger partial charge on any atom is -0.330 e. The van der Waals surface area contributed by atoms with Crippen LogP contribution in [0.1, 0.15) is 42.5 Å². The van der Waals surface area contributed by atoms with E-state index in [1.54, 1.807) is 12.1 Å². The molecule has 2 atom stereocenters. The van der Waals surface area contributed by atoms with Gasteiger partial charge in [-0.25, -0.2) is 4.79 Å². The average Bonchev–Trinajstić information content (AvgIpc) is 2.67. The van der Waals surface area contributed by atoms with E-state index in [9.17, 15) is 22.8 Å². The first-order chi connectivity index (χ1) is 14.1. The van der Waals surface area contributed by atoms with Crippen molar-refractivity contribution in [3.8, 4) is 0 Å². The number of hydrogen-bond donors (Lipinski definition) is 3. The molecule has 0 unspecified atom stereocenters. The third kappa shape index (κ3) is 4.48. The molecular weight excluding hydrogens is 395 g/mol. The third-order valence-corrected chi connectivity index (χ3v) is 5.00. The zero-order chi connectivity index (χ0) is 22.1. The number of anilines is 1. The first-order valence-electron chi connectivity index (χ1n) is 9.41. The maximum atomic E-state index is 13.3. The molecule has 2 aromatic rings. The number of halogens is 3. The van der Waals surface area contributed by atoms with Gasteiger partial charge >= 0.3 is 12.2 Å². The van der Waals surface area contributed by atoms with Gasteiger partial charge in [0, 0.05) is 5.70 Å². The van der Waals surface area contributed by atoms with Gasteiger partial charge in [-0.05, 0) is 29.2 Å². The molecule has 0 saturated carbocycles. The molecule has 0 bridgehead atoms. The van der Waals surface area contributed by atoms with Gasteiger partial charge in [0.15, 0.2) is 0 Å². The molecule has 30 heavy (non-hydrogen) atoms. The van der Waals surface area contributed by atoms with Crippen molar-refractivity contribution in [1.29, 1.82) is 0 Å². The van der Waals surface area contributed by atoms with Crippen molar-refractivity contribution in [2.24, 2.45) is 5.92 Å². The summed E-state index contributed by atoms with van der Waals surface area (Å²) < 4.78 is 39.8. The van der Waals surface area contributed by atoms with Crippen molar-refractivity contribution in [2.75, 3.05) is 5.32 Å². The maximum absolute atomic E-state index is 13.3. The fourth-order valence-electron chi connectivity index (χ4n) is 3.41. The standard InChI is InChI=1S/C22H22F3N3O2/c1-12(2)14-8-10-15(11-9-14)19-18(13(3)26-21(30)28-19)20(29)27-17-7-5-4-6-16(17)22(23,24)25/h4-12,18-19H,3H2,1-2H3,(H,27,29)(H2,26,28,30)/t18-,19+/m0/s1. The number of carbonyl (C=O) groups excluding carboxylic acids is 2. The van der Waals surface area contributed by atoms with E-state index in [4.69, 9.17) is 0 Å². The van der Waals surface area contributed by atoms with Crippen LogP contribution in [-0.4, -0.2) is 11.9 Å². The summed E-state index contributed by atoms with van der Waals surface area (Å²) >= 11 is 0. The molecular formula is C22H22F3N3O2. The molecule has 0 radical (unpaired) electrons. The number of nitrogens with one attached hydrogen (secondary N) is 3. The van der Waals surface area contributed by atoms with Crippen molar-refractivity contribution in [1.82, 2.24) is 10.6 Å². The van der Waals surface area contributed by atoms with E-state index >= 15 is 0 Å². The Morgan fingerprint density at radius 2 is 1.73 bits per heavy atom. The van der Waals surface area contributed by atoms with Crippen LogP contribution in [0.4, 0.5) is 23.7 Å². The van der Waals surface area contributed by atoms with Crippen LogP contribution < -0.4 is 16.0 Å². The molecule has 0 aromatic heterocycles. The van der Waals surface area contributed by atoms with Crippen LogP contribution in [0.15, 0.2) is 60.8 Å². The van der Waals surface area contributed by atoms with E-state index < -0.39 is 35.6 Å². The zero-order valence-electron chi connectivity index (χ0n) is 16.5. The van der Waals surface area contributed by atoms with Crippen LogP contribution in [0.3, 0.4) is 0 Å². The lowest BCUT2D eigenvalue weighted by molar-refractivity contribution is -0.137. The summed E-state index contributed by atoms with van der Waals surface area (Å²) in [5.41, 5.74) is 0.541. The smallest absolute Gasteiger partial charge is 0.330 e. The molecule has 3 N–H and O–H groups in total. The normalized spacial score (nSPS) is 19.3. The fraction of sp³-hybridized carbons (Fsp3) is 0.273. The van der Waals surface area contributed by atoms with Crippen LogP contribution in [0.2, 0.25) is 0 Å². The van der Waals surface area contributed by atoms with Crippen molar-refractivity contribution in [2.45, 2.75) is 32.0 Å². The number of hydrogen-bond acceptors (Lipinski definition) is 2. The Labute approximate surface area is 172 Å². The van der Waals surface area contributed by atoms with Crippen molar-refractivity contribution >= 4 is 17.6 Å². The molecule has 2 aromatic carbocycles. The highest BCUT2D eigenvalue weighted by Crippen LogP contribution is 2.36. The van der Waals surface area contributed by atoms with E-state index in [2.05, 4.69) is 22.5 Å². The first-order valence-corrected chi connectivity index (χ1v) is 9.41. The number of amides is 3. The van der Waals surface area contributed by atoms with E-state index in [1.807, 2.05) is 26.0 Å². The quantitative estimate of drug-likeness (QED) is 0.659. The lowest BCUT2D eigenvalue weighted by atomic mass is 9.87. The number of urea groups is 1. The topological polar surface area (TPSA) is 70.2 Å². The Hall–Kier alpha value is -3.29. The Balaban J connectivity index is 1.92. The number of rotatable bonds is 4. The highest BCUT2D eigenvalue weighted by Gasteiger charge is 2.39. The van der Waals surface area contributed by atoms with Gasteiger partial charge < -0.3 is 16.0 Å². The lowest BCUT2D eigenvalue weighted by Crippen LogP contribution is -2.51. The van der Waals surface area contributed by atoms with Gasteiger partial charge in [-0.15, -0.1) is 0 Å². The fourth-order valence-corrected chi connectivity index (χ4v) is 3.41. The summed E-state index contributed by atoms with van der Waals surface area (Å²) in [6, 6.07) is 10.8. The van der Waals surface area contributed by atoms with Gasteiger partial charge in [-0.3, -0.25) is 4.79 Å². The van der Waals surface area contributed by atoms with E-state index in [0.29, 0.717) is 11.5 Å². The molecule has 1 saturated heterocycles. The van der Waals surface area contributed by atoms with Crippen LogP contribution in [-0.2, 0) is 11.0 Å². The SMILES string of the molecule is C=C1NC(=O)N[C@H](c2ccc(C(C)C)cc2)[C@H]1C(=O)Nc1ccccc1C(F)(F)F. The number of benzene rings is 2. The van der Waals surface area contributed by atoms with E-state index in [-0.39, 0.29) is 11.4 Å². The van der Waals surface area contributed by atoms with Crippen molar-refractivity contribution in [3.05, 3.63) is 77.5 Å². The molecule has 0 aliphatic carbocycles. The molecule has 1 aliphatic rings. The van der Waals surface area contributed by atoms with Crippen LogP contribution in [0.25, 0.3) is 0 Å². The number of alkyl halides is 3. The van der Waals surface area contributed by atoms with Crippen LogP contribution in [0, 0.1) is 5.92 Å². The van der Waals surface area contributed by atoms with E-state index in [1.165, 1.54) is 18.2 Å². The molecule has 1 fully saturated rings. The first kappa shape index (κ1) is 21.4. The molecule has 158 valence electrons. The molecule has 3 rings (SSSR count). The molecule has 1 aliphatic heterocycles. The summed E-state index contributed by atoms with van der Waals surface area (Å²) in [5.74, 6) is -1.41. The zero-order valence-corrected chi connectivity index (χ0v) is 16.5. The van der Waals surface area contributed by atoms with Gasteiger partial charge in [-0.1, -0.05) is 56.8 Å². The second-order valence-corrected chi connectivity index (χ2v) is 7.43. The lowest BCUT2D eigenvalue weighted by Gasteiger charge is -2.34. The van der Waals surface area contributed by atoms with Gasteiger partial charge in [0.1, 0.15) is 5.92 Å². The van der Waals surface area contributed by atoms with Crippen LogP contribution >= 0.6 is 0 Å². The highest BCUT2D eigenvalue weighted by molar-refractivity contribution is 5.97. The molecule has 5 nitrogen and oxygen atoms in total. The average molecular weight is 417 g/mol. The summed E-state index contributed by atoms with van der Waals surface area (Å²) in [5, 5.41) is 7.47. The van der Waals surface area contributed by atoms with Gasteiger partial charge in [0.25, 0.3) is 0 Å². The molecule has 1 heterocycles. The van der Waals surface area contributed by atoms with Crippen molar-refractivity contribution in [3.63, 3.8) is 0 Å². The van der Waals surface area contributed by atoms with E-state index in [0.717, 1.165) is 11.6 Å². The minimum atomic E-state index is -4.62. The highest BCUT2D eigenvalue weighted by atomic mass is 19.4. The Morgan fingerprint density at radius 3 is 2.33 bits per heavy atom. The summed E-state index contributed by atoms with van der Waals surface area (Å²) in [6.07, 6.45) is -4.62. The Morgan fingerprint density at radius 1 is 1.10 bits per heavy atom. The van der Waals surface area contributed by atoms with Gasteiger partial charge in [0.05, 0.1) is 17.3 Å². The molecule has 0 spiro atoms. The molecule has 3 amide bonds. The minimum absolute atomic E-state index is 0.110. The summed E-state index contributed by atoms with van der Waals surface area (Å²) in [6.45, 7) is 7.82. The predicted molar refractivity (Wildman–Crippen MR) is 108 cm³/mol. The second-order valence-electron chi connectivity index (χ2n) is 7.43.